The van der Waals surface area contributed by atoms with E-state index >= 15 is 0 Å². The van der Waals surface area contributed by atoms with Gasteiger partial charge < -0.3 is 20.1 Å². The van der Waals surface area contributed by atoms with Crippen LogP contribution in [0.3, 0.4) is 0 Å². The van der Waals surface area contributed by atoms with Crippen LogP contribution in [0.25, 0.3) is 11.1 Å². The zero-order chi connectivity index (χ0) is 24.8. The van der Waals surface area contributed by atoms with Gasteiger partial charge in [0.2, 0.25) is 5.91 Å². The van der Waals surface area contributed by atoms with E-state index in [0.29, 0.717) is 18.7 Å². The fourth-order valence-electron chi connectivity index (χ4n) is 5.06. The van der Waals surface area contributed by atoms with E-state index in [1.807, 2.05) is 31.2 Å². The quantitative estimate of drug-likeness (QED) is 0.531. The standard InChI is InChI=1S/C27H32N2O5S/c1-2-7-18(14-25(30)29-12-13-35-17-19(29)15-26(31)32)28-27(33)34-16-24-22-10-5-3-8-20(22)21-9-4-6-11-23(21)24/h3-6,8-11,18-19,24H,2,7,12-17H2,1H3,(H,28,33)(H,31,32)/t18-,19?/m1/s1. The van der Waals surface area contributed by atoms with Crippen LogP contribution in [-0.4, -0.2) is 64.7 Å². The Morgan fingerprint density at radius 3 is 2.40 bits per heavy atom. The molecule has 8 heteroatoms. The number of amides is 2. The summed E-state index contributed by atoms with van der Waals surface area (Å²) in [7, 11) is 0. The summed E-state index contributed by atoms with van der Waals surface area (Å²) in [4.78, 5) is 38.7. The Morgan fingerprint density at radius 2 is 1.77 bits per heavy atom. The molecule has 0 aromatic heterocycles. The van der Waals surface area contributed by atoms with Crippen LogP contribution in [-0.2, 0) is 14.3 Å². The van der Waals surface area contributed by atoms with Crippen molar-refractivity contribution in [1.82, 2.24) is 10.2 Å². The molecule has 2 atom stereocenters. The van der Waals surface area contributed by atoms with E-state index in [9.17, 15) is 19.5 Å². The van der Waals surface area contributed by atoms with Crippen molar-refractivity contribution in [3.63, 3.8) is 0 Å². The van der Waals surface area contributed by atoms with E-state index < -0.39 is 12.1 Å². The highest BCUT2D eigenvalue weighted by Gasteiger charge is 2.31. The summed E-state index contributed by atoms with van der Waals surface area (Å²) in [6, 6.07) is 15.7. The number of nitrogens with one attached hydrogen (secondary N) is 1. The largest absolute Gasteiger partial charge is 0.481 e. The number of rotatable bonds is 9. The third-order valence-electron chi connectivity index (χ3n) is 6.68. The molecular formula is C27H32N2O5S. The number of carbonyl (C=O) groups is 3. The molecule has 2 aromatic rings. The number of hydrogen-bond donors (Lipinski definition) is 2. The molecule has 2 aromatic carbocycles. The zero-order valence-corrected chi connectivity index (χ0v) is 20.8. The molecule has 4 rings (SSSR count). The average molecular weight is 497 g/mol. The van der Waals surface area contributed by atoms with E-state index in [1.54, 1.807) is 16.7 Å². The minimum atomic E-state index is -0.905. The highest BCUT2D eigenvalue weighted by Crippen LogP contribution is 2.44. The van der Waals surface area contributed by atoms with Crippen LogP contribution in [0.5, 0.6) is 0 Å². The Labute approximate surface area is 210 Å². The van der Waals surface area contributed by atoms with Gasteiger partial charge in [-0.25, -0.2) is 4.79 Å². The topological polar surface area (TPSA) is 95.9 Å². The van der Waals surface area contributed by atoms with Crippen molar-refractivity contribution < 1.29 is 24.2 Å². The first-order chi connectivity index (χ1) is 17.0. The zero-order valence-electron chi connectivity index (χ0n) is 19.9. The van der Waals surface area contributed by atoms with Crippen LogP contribution in [0.1, 0.15) is 49.7 Å². The Bertz CT molecular complexity index is 1030. The molecule has 1 fully saturated rings. The highest BCUT2D eigenvalue weighted by atomic mass is 32.2. The van der Waals surface area contributed by atoms with Crippen LogP contribution in [0.2, 0.25) is 0 Å². The lowest BCUT2D eigenvalue weighted by Gasteiger charge is -2.35. The molecular weight excluding hydrogens is 464 g/mol. The van der Waals surface area contributed by atoms with Crippen LogP contribution in [0.4, 0.5) is 4.79 Å². The molecule has 0 saturated carbocycles. The first-order valence-corrected chi connectivity index (χ1v) is 13.3. The SMILES string of the molecule is CCC[C@H](CC(=O)N1CCSCC1CC(=O)O)NC(=O)OCC1c2ccccc2-c2ccccc21. The van der Waals surface area contributed by atoms with Gasteiger partial charge in [0.1, 0.15) is 6.61 Å². The highest BCUT2D eigenvalue weighted by molar-refractivity contribution is 7.99. The number of fused-ring (bicyclic) bond motifs is 3. The molecule has 1 heterocycles. The molecule has 1 unspecified atom stereocenters. The first kappa shape index (κ1) is 25.1. The molecule has 2 N–H and O–H groups in total. The van der Waals surface area contributed by atoms with Crippen molar-refractivity contribution in [2.75, 3.05) is 24.7 Å². The normalized spacial score (nSPS) is 17.9. The smallest absolute Gasteiger partial charge is 0.407 e. The van der Waals surface area contributed by atoms with Gasteiger partial charge in [-0.15, -0.1) is 0 Å². The minimum absolute atomic E-state index is 0.0259. The third-order valence-corrected chi connectivity index (χ3v) is 7.77. The van der Waals surface area contributed by atoms with Crippen molar-refractivity contribution in [2.45, 2.75) is 50.6 Å². The molecule has 7 nitrogen and oxygen atoms in total. The molecule has 186 valence electrons. The Morgan fingerprint density at radius 1 is 1.11 bits per heavy atom. The second kappa shape index (κ2) is 11.6. The summed E-state index contributed by atoms with van der Waals surface area (Å²) in [5, 5.41) is 12.1. The van der Waals surface area contributed by atoms with E-state index in [1.165, 1.54) is 11.1 Å². The number of alkyl carbamates (subject to hydrolysis) is 1. The monoisotopic (exact) mass is 496 g/mol. The molecule has 1 saturated heterocycles. The van der Waals surface area contributed by atoms with Gasteiger partial charge in [0.25, 0.3) is 0 Å². The number of hydrogen-bond acceptors (Lipinski definition) is 5. The van der Waals surface area contributed by atoms with Gasteiger partial charge in [-0.1, -0.05) is 61.9 Å². The molecule has 0 radical (unpaired) electrons. The molecule has 2 amide bonds. The lowest BCUT2D eigenvalue weighted by molar-refractivity contribution is -0.140. The minimum Gasteiger partial charge on any atom is -0.481 e. The maximum Gasteiger partial charge on any atom is 0.407 e. The lowest BCUT2D eigenvalue weighted by Crippen LogP contribution is -2.49. The predicted molar refractivity (Wildman–Crippen MR) is 137 cm³/mol. The molecule has 35 heavy (non-hydrogen) atoms. The summed E-state index contributed by atoms with van der Waals surface area (Å²) in [6.07, 6.45) is 0.989. The van der Waals surface area contributed by atoms with E-state index in [4.69, 9.17) is 4.74 Å². The number of ether oxygens (including phenoxy) is 1. The van der Waals surface area contributed by atoms with Crippen molar-refractivity contribution in [1.29, 1.82) is 0 Å². The number of carboxylic acid groups (broad SMARTS) is 1. The predicted octanol–water partition coefficient (Wildman–Crippen LogP) is 4.50. The van der Waals surface area contributed by atoms with Gasteiger partial charge in [-0.2, -0.15) is 11.8 Å². The number of nitrogens with zero attached hydrogens (tertiary/aromatic N) is 1. The second-order valence-corrected chi connectivity index (χ2v) is 10.2. The van der Waals surface area contributed by atoms with Crippen LogP contribution in [0, 0.1) is 0 Å². The maximum atomic E-state index is 13.0. The van der Waals surface area contributed by atoms with Crippen molar-refractivity contribution in [3.05, 3.63) is 59.7 Å². The average Bonchev–Trinajstić information content (AvgIpc) is 3.16. The maximum absolute atomic E-state index is 13.0. The Balaban J connectivity index is 1.36. The van der Waals surface area contributed by atoms with Gasteiger partial charge in [0, 0.05) is 36.4 Å². The second-order valence-electron chi connectivity index (χ2n) is 9.07. The van der Waals surface area contributed by atoms with Gasteiger partial charge in [-0.3, -0.25) is 9.59 Å². The Kier molecular flexibility index (Phi) is 8.33. The molecule has 0 bridgehead atoms. The van der Waals surface area contributed by atoms with Crippen LogP contribution < -0.4 is 5.32 Å². The summed E-state index contributed by atoms with van der Waals surface area (Å²) in [5.74, 6) is 0.365. The fourth-order valence-corrected chi connectivity index (χ4v) is 6.12. The summed E-state index contributed by atoms with van der Waals surface area (Å²) >= 11 is 1.67. The third kappa shape index (κ3) is 5.99. The van der Waals surface area contributed by atoms with Crippen LogP contribution >= 0.6 is 11.8 Å². The van der Waals surface area contributed by atoms with Gasteiger partial charge in [-0.05, 0) is 28.7 Å². The summed E-state index contributed by atoms with van der Waals surface area (Å²) in [5.41, 5.74) is 4.63. The lowest BCUT2D eigenvalue weighted by atomic mass is 9.98. The fraction of sp³-hybridized carbons (Fsp3) is 0.444. The Hall–Kier alpha value is -3.00. The van der Waals surface area contributed by atoms with Crippen molar-refractivity contribution >= 4 is 29.7 Å². The number of carboxylic acids is 1. The number of carbonyl (C=O) groups excluding carboxylic acids is 2. The van der Waals surface area contributed by atoms with Crippen molar-refractivity contribution in [3.8, 4) is 11.1 Å². The number of aliphatic carboxylic acids is 1. The molecule has 2 aliphatic rings. The number of benzene rings is 2. The summed E-state index contributed by atoms with van der Waals surface area (Å²) < 4.78 is 5.66. The first-order valence-electron chi connectivity index (χ1n) is 12.2. The van der Waals surface area contributed by atoms with Crippen molar-refractivity contribution in [2.24, 2.45) is 0 Å². The molecule has 1 aliphatic carbocycles. The summed E-state index contributed by atoms with van der Waals surface area (Å²) in [6.45, 7) is 2.75. The number of thioether (sulfide) groups is 1. The molecule has 0 spiro atoms. The van der Waals surface area contributed by atoms with E-state index in [0.717, 1.165) is 23.3 Å². The molecule has 1 aliphatic heterocycles. The van der Waals surface area contributed by atoms with Gasteiger partial charge >= 0.3 is 12.1 Å². The van der Waals surface area contributed by atoms with E-state index in [-0.39, 0.29) is 43.4 Å². The van der Waals surface area contributed by atoms with Crippen LogP contribution in [0.15, 0.2) is 48.5 Å². The van der Waals surface area contributed by atoms with Gasteiger partial charge in [0.15, 0.2) is 0 Å². The van der Waals surface area contributed by atoms with Gasteiger partial charge in [0.05, 0.1) is 12.5 Å². The van der Waals surface area contributed by atoms with E-state index in [2.05, 4.69) is 29.6 Å².